The van der Waals surface area contributed by atoms with Crippen LogP contribution in [0.25, 0.3) is 0 Å². The summed E-state index contributed by atoms with van der Waals surface area (Å²) < 4.78 is 0. The highest BCUT2D eigenvalue weighted by Crippen LogP contribution is 2.09. The second-order valence-corrected chi connectivity index (χ2v) is 4.93. The lowest BCUT2D eigenvalue weighted by Crippen LogP contribution is -2.45. The molecule has 5 heteroatoms. The highest BCUT2D eigenvalue weighted by molar-refractivity contribution is 7.99. The van der Waals surface area contributed by atoms with Crippen molar-refractivity contribution in [2.75, 3.05) is 11.5 Å². The molecule has 2 atom stereocenters. The molecule has 0 fully saturated rings. The van der Waals surface area contributed by atoms with Gasteiger partial charge in [0.15, 0.2) is 0 Å². The number of carbonyl (C=O) groups excluding carboxylic acids is 1. The smallest absolute Gasteiger partial charge is 0.326 e. The number of aliphatic carboxylic acids is 1. The number of carbonyl (C=O) groups is 2. The molecule has 0 heterocycles. The van der Waals surface area contributed by atoms with Gasteiger partial charge in [-0.2, -0.15) is 11.8 Å². The molecule has 4 nitrogen and oxygen atoms in total. The number of carboxylic acids is 1. The summed E-state index contributed by atoms with van der Waals surface area (Å²) in [4.78, 5) is 22.4. The Morgan fingerprint density at radius 2 is 2.00 bits per heavy atom. The Kier molecular flexibility index (Phi) is 8.07. The zero-order valence-corrected chi connectivity index (χ0v) is 11.0. The maximum atomic E-state index is 11.5. The van der Waals surface area contributed by atoms with Gasteiger partial charge in [0.05, 0.1) is 5.75 Å². The second-order valence-electron chi connectivity index (χ2n) is 3.82. The summed E-state index contributed by atoms with van der Waals surface area (Å²) in [6, 6.07) is -0.764. The van der Waals surface area contributed by atoms with Gasteiger partial charge >= 0.3 is 5.97 Å². The predicted molar refractivity (Wildman–Crippen MR) is 66.6 cm³/mol. The average Bonchev–Trinajstić information content (AvgIpc) is 2.25. The number of nitrogens with one attached hydrogen (secondary N) is 1. The van der Waals surface area contributed by atoms with Gasteiger partial charge in [-0.1, -0.05) is 27.2 Å². The molecule has 0 aliphatic carbocycles. The fraction of sp³-hybridized carbons (Fsp3) is 0.818. The third-order valence-corrected chi connectivity index (χ3v) is 3.54. The molecule has 0 bridgehead atoms. The van der Waals surface area contributed by atoms with Gasteiger partial charge in [-0.3, -0.25) is 4.79 Å². The number of rotatable bonds is 8. The molecule has 0 aliphatic heterocycles. The summed E-state index contributed by atoms with van der Waals surface area (Å²) in [5, 5.41) is 11.5. The van der Waals surface area contributed by atoms with Crippen molar-refractivity contribution in [2.24, 2.45) is 5.92 Å². The fourth-order valence-corrected chi connectivity index (χ4v) is 1.91. The Labute approximate surface area is 101 Å². The van der Waals surface area contributed by atoms with Crippen LogP contribution in [-0.2, 0) is 9.59 Å². The van der Waals surface area contributed by atoms with Crippen LogP contribution in [-0.4, -0.2) is 34.5 Å². The van der Waals surface area contributed by atoms with Crippen molar-refractivity contribution < 1.29 is 14.7 Å². The highest BCUT2D eigenvalue weighted by atomic mass is 32.2. The van der Waals surface area contributed by atoms with E-state index in [1.165, 1.54) is 11.8 Å². The number of carboxylic acid groups (broad SMARTS) is 1. The summed E-state index contributed by atoms with van der Waals surface area (Å²) in [5.41, 5.74) is 0. The van der Waals surface area contributed by atoms with Gasteiger partial charge in [0, 0.05) is 0 Å². The van der Waals surface area contributed by atoms with Crippen LogP contribution in [0.15, 0.2) is 0 Å². The molecule has 16 heavy (non-hydrogen) atoms. The largest absolute Gasteiger partial charge is 0.480 e. The molecule has 94 valence electrons. The Hall–Kier alpha value is -0.710. The molecule has 2 unspecified atom stereocenters. The minimum absolute atomic E-state index is 0.0439. The molecule has 0 spiro atoms. The molecule has 0 radical (unpaired) electrons. The molecule has 0 aromatic rings. The van der Waals surface area contributed by atoms with Gasteiger partial charge in [-0.05, 0) is 18.1 Å². The minimum Gasteiger partial charge on any atom is -0.480 e. The lowest BCUT2D eigenvalue weighted by Gasteiger charge is -2.19. The first-order valence-electron chi connectivity index (χ1n) is 5.62. The summed E-state index contributed by atoms with van der Waals surface area (Å²) in [6.45, 7) is 5.79. The summed E-state index contributed by atoms with van der Waals surface area (Å²) in [5.74, 6) is 0.0784. The van der Waals surface area contributed by atoms with Crippen LogP contribution in [0.1, 0.15) is 33.6 Å². The Bertz CT molecular complexity index is 233. The lowest BCUT2D eigenvalue weighted by atomic mass is 9.99. The van der Waals surface area contributed by atoms with Crippen LogP contribution in [0.3, 0.4) is 0 Å². The van der Waals surface area contributed by atoms with E-state index in [1.807, 2.05) is 20.8 Å². The normalized spacial score (nSPS) is 14.2. The third-order valence-electron chi connectivity index (χ3n) is 2.38. The van der Waals surface area contributed by atoms with Crippen LogP contribution >= 0.6 is 11.8 Å². The molecule has 0 saturated carbocycles. The van der Waals surface area contributed by atoms with E-state index in [9.17, 15) is 9.59 Å². The SMILES string of the molecule is CCCSCC(=O)NC(C(=O)O)C(C)CC. The Balaban J connectivity index is 4.09. The first-order valence-corrected chi connectivity index (χ1v) is 6.78. The monoisotopic (exact) mass is 247 g/mol. The van der Waals surface area contributed by atoms with Crippen molar-refractivity contribution in [2.45, 2.75) is 39.7 Å². The molecule has 0 aromatic carbocycles. The first-order chi connectivity index (χ1) is 7.52. The van der Waals surface area contributed by atoms with E-state index in [0.29, 0.717) is 5.75 Å². The zero-order valence-electron chi connectivity index (χ0n) is 10.2. The summed E-state index contributed by atoms with van der Waals surface area (Å²) in [6.07, 6.45) is 1.75. The van der Waals surface area contributed by atoms with Crippen molar-refractivity contribution in [3.8, 4) is 0 Å². The van der Waals surface area contributed by atoms with Crippen LogP contribution in [0.2, 0.25) is 0 Å². The van der Waals surface area contributed by atoms with Crippen LogP contribution < -0.4 is 5.32 Å². The van der Waals surface area contributed by atoms with E-state index in [1.54, 1.807) is 0 Å². The quantitative estimate of drug-likeness (QED) is 0.641. The van der Waals surface area contributed by atoms with E-state index < -0.39 is 12.0 Å². The lowest BCUT2D eigenvalue weighted by molar-refractivity contribution is -0.143. The van der Waals surface area contributed by atoms with Gasteiger partial charge in [0.1, 0.15) is 6.04 Å². The van der Waals surface area contributed by atoms with E-state index in [-0.39, 0.29) is 11.8 Å². The molecule has 2 N–H and O–H groups in total. The zero-order chi connectivity index (χ0) is 12.6. The first kappa shape index (κ1) is 15.3. The van der Waals surface area contributed by atoms with Gasteiger partial charge < -0.3 is 10.4 Å². The van der Waals surface area contributed by atoms with Gasteiger partial charge in [-0.15, -0.1) is 0 Å². The van der Waals surface area contributed by atoms with E-state index in [4.69, 9.17) is 5.11 Å². The van der Waals surface area contributed by atoms with Crippen molar-refractivity contribution in [3.63, 3.8) is 0 Å². The fourth-order valence-electron chi connectivity index (χ4n) is 1.21. The Morgan fingerprint density at radius 3 is 2.44 bits per heavy atom. The predicted octanol–water partition coefficient (Wildman–Crippen LogP) is 1.75. The van der Waals surface area contributed by atoms with Crippen molar-refractivity contribution >= 4 is 23.6 Å². The molecule has 0 saturated heterocycles. The number of hydrogen-bond donors (Lipinski definition) is 2. The second kappa shape index (κ2) is 8.44. The van der Waals surface area contributed by atoms with Crippen LogP contribution in [0.4, 0.5) is 0 Å². The Morgan fingerprint density at radius 1 is 1.38 bits per heavy atom. The average molecular weight is 247 g/mol. The molecule has 0 aromatic heterocycles. The van der Waals surface area contributed by atoms with Crippen LogP contribution in [0.5, 0.6) is 0 Å². The van der Waals surface area contributed by atoms with Crippen molar-refractivity contribution in [1.29, 1.82) is 0 Å². The highest BCUT2D eigenvalue weighted by Gasteiger charge is 2.24. The molecule has 0 aliphatic rings. The third kappa shape index (κ3) is 6.00. The van der Waals surface area contributed by atoms with Crippen molar-refractivity contribution in [1.82, 2.24) is 5.32 Å². The standard InChI is InChI=1S/C11H21NO3S/c1-4-6-16-7-9(13)12-10(11(14)15)8(3)5-2/h8,10H,4-7H2,1-3H3,(H,12,13)(H,14,15). The van der Waals surface area contributed by atoms with Crippen molar-refractivity contribution in [3.05, 3.63) is 0 Å². The summed E-state index contributed by atoms with van der Waals surface area (Å²) in [7, 11) is 0. The van der Waals surface area contributed by atoms with Gasteiger partial charge in [-0.25, -0.2) is 4.79 Å². The van der Waals surface area contributed by atoms with Crippen LogP contribution in [0, 0.1) is 5.92 Å². The van der Waals surface area contributed by atoms with E-state index in [0.717, 1.165) is 18.6 Å². The number of thioether (sulfide) groups is 1. The van der Waals surface area contributed by atoms with Gasteiger partial charge in [0.2, 0.25) is 5.91 Å². The molecular formula is C11H21NO3S. The molecule has 0 rings (SSSR count). The minimum atomic E-state index is -0.955. The number of hydrogen-bond acceptors (Lipinski definition) is 3. The molecule has 1 amide bonds. The maximum absolute atomic E-state index is 11.5. The number of amides is 1. The summed E-state index contributed by atoms with van der Waals surface area (Å²) >= 11 is 1.53. The topological polar surface area (TPSA) is 66.4 Å². The van der Waals surface area contributed by atoms with E-state index >= 15 is 0 Å². The van der Waals surface area contributed by atoms with Gasteiger partial charge in [0.25, 0.3) is 0 Å². The van der Waals surface area contributed by atoms with E-state index in [2.05, 4.69) is 5.32 Å². The maximum Gasteiger partial charge on any atom is 0.326 e. The molecular weight excluding hydrogens is 226 g/mol.